The number of rotatable bonds is 2. The van der Waals surface area contributed by atoms with Crippen LogP contribution in [0, 0.1) is 5.92 Å². The second-order valence-electron chi connectivity index (χ2n) is 4.93. The number of urea groups is 1. The number of nitrogens with zero attached hydrogens (tertiary/aromatic N) is 1. The molecule has 0 aliphatic carbocycles. The van der Waals surface area contributed by atoms with Gasteiger partial charge in [-0.25, -0.2) is 10.2 Å². The van der Waals surface area contributed by atoms with Crippen LogP contribution in [0.2, 0.25) is 0 Å². The number of methoxy groups -OCH3 is 1. The van der Waals surface area contributed by atoms with Crippen LogP contribution in [-0.2, 0) is 0 Å². The highest BCUT2D eigenvalue weighted by Gasteiger charge is 2.28. The summed E-state index contributed by atoms with van der Waals surface area (Å²) < 4.78 is 5.09. The van der Waals surface area contributed by atoms with Crippen LogP contribution in [0.1, 0.15) is 0 Å². The van der Waals surface area contributed by atoms with Gasteiger partial charge >= 0.3 is 6.03 Å². The van der Waals surface area contributed by atoms with Gasteiger partial charge in [0.15, 0.2) is 0 Å². The van der Waals surface area contributed by atoms with Crippen LogP contribution in [0.4, 0.5) is 10.5 Å². The number of benzene rings is 1. The van der Waals surface area contributed by atoms with E-state index < -0.39 is 0 Å². The third-order valence-corrected chi connectivity index (χ3v) is 3.62. The molecule has 1 aromatic rings. The Bertz CT molecular complexity index is 526. The van der Waals surface area contributed by atoms with Gasteiger partial charge in [0.2, 0.25) is 0 Å². The summed E-state index contributed by atoms with van der Waals surface area (Å²) in [5.41, 5.74) is 8.18. The van der Waals surface area contributed by atoms with Gasteiger partial charge in [0.25, 0.3) is 0 Å². The van der Waals surface area contributed by atoms with Crippen LogP contribution in [-0.4, -0.2) is 37.7 Å². The van der Waals surface area contributed by atoms with E-state index in [1.54, 1.807) is 7.11 Å². The molecule has 0 saturated carbocycles. The predicted octanol–water partition coefficient (Wildman–Crippen LogP) is 1.15. The molecule has 6 nitrogen and oxygen atoms in total. The van der Waals surface area contributed by atoms with Gasteiger partial charge < -0.3 is 20.4 Å². The monoisotopic (exact) mass is 274 g/mol. The molecule has 3 N–H and O–H groups in total. The Morgan fingerprint density at radius 3 is 2.95 bits per heavy atom. The van der Waals surface area contributed by atoms with Crippen molar-refractivity contribution in [3.05, 3.63) is 36.0 Å². The molecule has 1 fully saturated rings. The lowest BCUT2D eigenvalue weighted by Gasteiger charge is -2.28. The average Bonchev–Trinajstić information content (AvgIpc) is 2.95. The zero-order valence-corrected chi connectivity index (χ0v) is 11.3. The molecule has 2 aliphatic heterocycles. The molecule has 1 unspecified atom stereocenters. The second kappa shape index (κ2) is 5.42. The summed E-state index contributed by atoms with van der Waals surface area (Å²) >= 11 is 0. The summed E-state index contributed by atoms with van der Waals surface area (Å²) in [6.45, 7) is 2.22. The van der Waals surface area contributed by atoms with E-state index in [0.29, 0.717) is 12.5 Å². The number of carbonyl (C=O) groups is 1. The fraction of sp³-hybridized carbons (Fsp3) is 0.357. The molecule has 106 valence electrons. The highest BCUT2D eigenvalue weighted by molar-refractivity contribution is 5.89. The molecule has 6 heteroatoms. The van der Waals surface area contributed by atoms with Crippen molar-refractivity contribution in [1.29, 1.82) is 0 Å². The van der Waals surface area contributed by atoms with Crippen LogP contribution in [0.3, 0.4) is 0 Å². The van der Waals surface area contributed by atoms with Crippen molar-refractivity contribution in [1.82, 2.24) is 15.8 Å². The summed E-state index contributed by atoms with van der Waals surface area (Å²) in [7, 11) is 1.62. The second-order valence-corrected chi connectivity index (χ2v) is 4.93. The average molecular weight is 274 g/mol. The number of hydrogen-bond acceptors (Lipinski definition) is 4. The zero-order chi connectivity index (χ0) is 13.9. The lowest BCUT2D eigenvalue weighted by atomic mass is 10.0. The number of carbonyl (C=O) groups excluding carboxylic acids is 1. The number of nitrogens with one attached hydrogen (secondary N) is 3. The minimum Gasteiger partial charge on any atom is -0.497 e. The maximum atomic E-state index is 12.2. The highest BCUT2D eigenvalue weighted by Crippen LogP contribution is 2.20. The number of hydrogen-bond donors (Lipinski definition) is 3. The van der Waals surface area contributed by atoms with Crippen molar-refractivity contribution in [2.75, 3.05) is 32.1 Å². The zero-order valence-electron chi connectivity index (χ0n) is 11.3. The van der Waals surface area contributed by atoms with Crippen molar-refractivity contribution < 1.29 is 9.53 Å². The maximum Gasteiger partial charge on any atom is 0.322 e. The van der Waals surface area contributed by atoms with Gasteiger partial charge in [-0.1, -0.05) is 0 Å². The standard InChI is InChI=1S/C14H18N4O2/c1-20-12-4-2-11(3-5-12)16-14(19)18-7-6-13-10(9-18)8-15-17-13/h2-6,10,15,17H,7-9H2,1H3,(H,16,19). The van der Waals surface area contributed by atoms with Crippen LogP contribution in [0.25, 0.3) is 0 Å². The topological polar surface area (TPSA) is 65.6 Å². The first-order valence-electron chi connectivity index (χ1n) is 6.65. The normalized spacial score (nSPS) is 20.8. The van der Waals surface area contributed by atoms with Crippen molar-refractivity contribution in [3.63, 3.8) is 0 Å². The van der Waals surface area contributed by atoms with E-state index in [1.165, 1.54) is 5.70 Å². The van der Waals surface area contributed by atoms with Crippen molar-refractivity contribution in [2.24, 2.45) is 5.92 Å². The Hall–Kier alpha value is -2.21. The Morgan fingerprint density at radius 2 is 2.20 bits per heavy atom. The first-order chi connectivity index (χ1) is 9.76. The predicted molar refractivity (Wildman–Crippen MR) is 76.3 cm³/mol. The molecule has 1 atom stereocenters. The van der Waals surface area contributed by atoms with Gasteiger partial charge in [-0.15, -0.1) is 0 Å². The van der Waals surface area contributed by atoms with E-state index in [4.69, 9.17) is 4.74 Å². The first kappa shape index (κ1) is 12.8. The minimum atomic E-state index is -0.0719. The van der Waals surface area contributed by atoms with Crippen molar-refractivity contribution in [3.8, 4) is 5.75 Å². The van der Waals surface area contributed by atoms with E-state index in [1.807, 2.05) is 29.2 Å². The molecule has 20 heavy (non-hydrogen) atoms. The molecule has 1 saturated heterocycles. The molecule has 1 aromatic carbocycles. The fourth-order valence-corrected chi connectivity index (χ4v) is 2.46. The van der Waals surface area contributed by atoms with Crippen LogP contribution < -0.4 is 20.9 Å². The van der Waals surface area contributed by atoms with Crippen molar-refractivity contribution in [2.45, 2.75) is 0 Å². The lowest BCUT2D eigenvalue weighted by Crippen LogP contribution is -2.42. The third kappa shape index (κ3) is 2.55. The van der Waals surface area contributed by atoms with E-state index in [2.05, 4.69) is 22.2 Å². The van der Waals surface area contributed by atoms with Gasteiger partial charge in [-0.05, 0) is 30.3 Å². The summed E-state index contributed by atoms with van der Waals surface area (Å²) in [6.07, 6.45) is 2.06. The van der Waals surface area contributed by atoms with Gasteiger partial charge in [0.1, 0.15) is 5.75 Å². The summed E-state index contributed by atoms with van der Waals surface area (Å²) in [6, 6.07) is 7.25. The van der Waals surface area contributed by atoms with Crippen LogP contribution in [0.15, 0.2) is 36.0 Å². The van der Waals surface area contributed by atoms with E-state index >= 15 is 0 Å². The van der Waals surface area contributed by atoms with Gasteiger partial charge in [-0.2, -0.15) is 0 Å². The molecule has 0 radical (unpaired) electrons. The molecule has 2 amide bonds. The van der Waals surface area contributed by atoms with Crippen LogP contribution in [0.5, 0.6) is 5.75 Å². The largest absolute Gasteiger partial charge is 0.497 e. The molecule has 0 spiro atoms. The number of ether oxygens (including phenoxy) is 1. The molecule has 2 heterocycles. The smallest absolute Gasteiger partial charge is 0.322 e. The number of fused-ring (bicyclic) bond motifs is 1. The maximum absolute atomic E-state index is 12.2. The van der Waals surface area contributed by atoms with Gasteiger partial charge in [-0.3, -0.25) is 0 Å². The van der Waals surface area contributed by atoms with Crippen molar-refractivity contribution >= 4 is 11.7 Å². The highest BCUT2D eigenvalue weighted by atomic mass is 16.5. The number of anilines is 1. The quantitative estimate of drug-likeness (QED) is 0.757. The molecule has 0 aromatic heterocycles. The molecular weight excluding hydrogens is 256 g/mol. The Labute approximate surface area is 117 Å². The van der Waals surface area contributed by atoms with Gasteiger partial charge in [0.05, 0.1) is 7.11 Å². The minimum absolute atomic E-state index is 0.0719. The number of amides is 2. The van der Waals surface area contributed by atoms with Crippen LogP contribution >= 0.6 is 0 Å². The Morgan fingerprint density at radius 1 is 1.40 bits per heavy atom. The Balaban J connectivity index is 1.61. The Kier molecular flexibility index (Phi) is 3.47. The van der Waals surface area contributed by atoms with E-state index in [-0.39, 0.29) is 6.03 Å². The van der Waals surface area contributed by atoms with E-state index in [0.717, 1.165) is 24.5 Å². The van der Waals surface area contributed by atoms with E-state index in [9.17, 15) is 4.79 Å². The third-order valence-electron chi connectivity index (χ3n) is 3.62. The molecule has 0 bridgehead atoms. The lowest BCUT2D eigenvalue weighted by molar-refractivity contribution is 0.209. The van der Waals surface area contributed by atoms with Gasteiger partial charge in [0, 0.05) is 36.9 Å². The summed E-state index contributed by atoms with van der Waals surface area (Å²) in [5.74, 6) is 1.14. The SMILES string of the molecule is COc1ccc(NC(=O)N2CC=C3NNCC3C2)cc1. The molecule has 2 aliphatic rings. The number of hydrazine groups is 1. The molecular formula is C14H18N4O2. The fourth-order valence-electron chi connectivity index (χ4n) is 2.46. The summed E-state index contributed by atoms with van der Waals surface area (Å²) in [4.78, 5) is 14.0. The first-order valence-corrected chi connectivity index (χ1v) is 6.65. The summed E-state index contributed by atoms with van der Waals surface area (Å²) in [5, 5.41) is 2.90. The molecule has 3 rings (SSSR count).